The highest BCUT2D eigenvalue weighted by atomic mass is 35.5. The Morgan fingerprint density at radius 3 is 2.94 bits per heavy atom. The Balaban J connectivity index is 1.96. The van der Waals surface area contributed by atoms with Crippen molar-refractivity contribution in [1.82, 2.24) is 4.90 Å². The number of likely N-dealkylation sites (tertiary alicyclic amines) is 1. The van der Waals surface area contributed by atoms with E-state index in [1.54, 1.807) is 16.2 Å². The number of fused-ring (bicyclic) bond motifs is 1. The van der Waals surface area contributed by atoms with E-state index in [1.807, 2.05) is 11.4 Å². The number of aliphatic hydroxyl groups excluding tert-OH is 1. The number of aliphatic hydroxyl groups is 1. The average molecular weight is 274 g/mol. The van der Waals surface area contributed by atoms with Gasteiger partial charge in [-0.05, 0) is 11.4 Å². The molecule has 1 saturated heterocycles. The molecule has 16 heavy (non-hydrogen) atoms. The molecular formula is C10H8ClNO2S2. The zero-order chi connectivity index (χ0) is 11.3. The van der Waals surface area contributed by atoms with Crippen LogP contribution in [0.4, 0.5) is 0 Å². The Hall–Kier alpha value is -0.620. The van der Waals surface area contributed by atoms with Gasteiger partial charge in [0.25, 0.3) is 5.91 Å². The van der Waals surface area contributed by atoms with E-state index in [0.29, 0.717) is 23.0 Å². The lowest BCUT2D eigenvalue weighted by Crippen LogP contribution is -2.53. The number of nitrogens with zero attached hydrogens (tertiary/aromatic N) is 1. The summed E-state index contributed by atoms with van der Waals surface area (Å²) in [5, 5.41) is 12.6. The summed E-state index contributed by atoms with van der Waals surface area (Å²) in [6.07, 6.45) is -0.371. The maximum atomic E-state index is 12.0. The molecule has 2 aromatic heterocycles. The van der Waals surface area contributed by atoms with Crippen LogP contribution in [0, 0.1) is 0 Å². The molecule has 6 heteroatoms. The monoisotopic (exact) mass is 273 g/mol. The normalized spacial score (nSPS) is 16.8. The second kappa shape index (κ2) is 3.70. The summed E-state index contributed by atoms with van der Waals surface area (Å²) in [5.74, 6) is -0.0660. The smallest absolute Gasteiger partial charge is 0.265 e. The zero-order valence-corrected chi connectivity index (χ0v) is 10.5. The van der Waals surface area contributed by atoms with Gasteiger partial charge in [-0.2, -0.15) is 0 Å². The molecule has 0 aliphatic carbocycles. The summed E-state index contributed by atoms with van der Waals surface area (Å²) in [6.45, 7) is 0.835. The highest BCUT2D eigenvalue weighted by Gasteiger charge is 2.32. The summed E-state index contributed by atoms with van der Waals surface area (Å²) < 4.78 is 1.08. The van der Waals surface area contributed by atoms with Gasteiger partial charge in [0.2, 0.25) is 0 Å². The molecule has 1 N–H and O–H groups in total. The van der Waals surface area contributed by atoms with Crippen molar-refractivity contribution in [2.75, 3.05) is 13.1 Å². The molecule has 2 aromatic rings. The zero-order valence-electron chi connectivity index (χ0n) is 8.14. The van der Waals surface area contributed by atoms with Crippen LogP contribution in [0.15, 0.2) is 11.4 Å². The predicted octanol–water partition coefficient (Wildman–Crippen LogP) is 2.43. The number of rotatable bonds is 1. The van der Waals surface area contributed by atoms with Crippen LogP contribution in [0.2, 0.25) is 5.02 Å². The Morgan fingerprint density at radius 1 is 1.56 bits per heavy atom. The molecule has 0 unspecified atom stereocenters. The Kier molecular flexibility index (Phi) is 2.43. The van der Waals surface area contributed by atoms with Crippen molar-refractivity contribution in [3.63, 3.8) is 0 Å². The molecule has 0 spiro atoms. The van der Waals surface area contributed by atoms with Crippen LogP contribution in [0.1, 0.15) is 9.67 Å². The van der Waals surface area contributed by atoms with Gasteiger partial charge in [0.05, 0.1) is 15.1 Å². The third-order valence-electron chi connectivity index (χ3n) is 2.60. The quantitative estimate of drug-likeness (QED) is 0.867. The largest absolute Gasteiger partial charge is 0.389 e. The fourth-order valence-corrected chi connectivity index (χ4v) is 4.28. The van der Waals surface area contributed by atoms with Crippen molar-refractivity contribution >= 4 is 49.6 Å². The van der Waals surface area contributed by atoms with Crippen LogP contribution in [-0.4, -0.2) is 35.1 Å². The fourth-order valence-electron chi connectivity index (χ4n) is 1.70. The summed E-state index contributed by atoms with van der Waals surface area (Å²) in [7, 11) is 0. The van der Waals surface area contributed by atoms with E-state index in [-0.39, 0.29) is 12.0 Å². The first-order valence-electron chi connectivity index (χ1n) is 4.79. The molecule has 1 amide bonds. The third-order valence-corrected chi connectivity index (χ3v) is 5.34. The van der Waals surface area contributed by atoms with E-state index in [1.165, 1.54) is 11.3 Å². The van der Waals surface area contributed by atoms with Crippen molar-refractivity contribution < 1.29 is 9.90 Å². The molecule has 0 radical (unpaired) electrons. The van der Waals surface area contributed by atoms with Gasteiger partial charge in [0.15, 0.2) is 0 Å². The first-order chi connectivity index (χ1) is 7.66. The SMILES string of the molecule is O=C(c1sc2sccc2c1Cl)N1CC(O)C1. The van der Waals surface area contributed by atoms with Gasteiger partial charge in [-0.1, -0.05) is 11.6 Å². The molecular weight excluding hydrogens is 266 g/mol. The lowest BCUT2D eigenvalue weighted by Gasteiger charge is -2.35. The number of carbonyl (C=O) groups excluding carboxylic acids is 1. The molecule has 0 atom stereocenters. The molecule has 84 valence electrons. The Labute approximate surface area is 105 Å². The van der Waals surface area contributed by atoms with Crippen molar-refractivity contribution in [1.29, 1.82) is 0 Å². The summed E-state index contributed by atoms with van der Waals surface area (Å²) in [6, 6.07) is 1.93. The van der Waals surface area contributed by atoms with Crippen LogP contribution in [0.5, 0.6) is 0 Å². The van der Waals surface area contributed by atoms with E-state index in [4.69, 9.17) is 16.7 Å². The average Bonchev–Trinajstić information content (AvgIpc) is 2.76. The predicted molar refractivity (Wildman–Crippen MR) is 66.6 cm³/mol. The van der Waals surface area contributed by atoms with Crippen LogP contribution in [0.25, 0.3) is 9.40 Å². The van der Waals surface area contributed by atoms with Gasteiger partial charge in [-0.25, -0.2) is 0 Å². The lowest BCUT2D eigenvalue weighted by atomic mass is 10.1. The molecule has 0 saturated carbocycles. The van der Waals surface area contributed by atoms with Gasteiger partial charge in [-0.15, -0.1) is 22.7 Å². The number of halogens is 1. The molecule has 3 heterocycles. The summed E-state index contributed by atoms with van der Waals surface area (Å²) in [4.78, 5) is 14.2. The molecule has 1 fully saturated rings. The minimum absolute atomic E-state index is 0.0660. The number of β-amino-alcohol motifs (C(OH)–C–C–N with tert-alkyl or cyclic N) is 1. The molecule has 1 aliphatic rings. The van der Waals surface area contributed by atoms with E-state index in [2.05, 4.69) is 0 Å². The lowest BCUT2D eigenvalue weighted by molar-refractivity contribution is 0.00624. The number of thiophene rings is 2. The number of hydrogen-bond donors (Lipinski definition) is 1. The highest BCUT2D eigenvalue weighted by Crippen LogP contribution is 2.39. The summed E-state index contributed by atoms with van der Waals surface area (Å²) >= 11 is 9.18. The van der Waals surface area contributed by atoms with Gasteiger partial charge >= 0.3 is 0 Å². The van der Waals surface area contributed by atoms with E-state index < -0.39 is 0 Å². The highest BCUT2D eigenvalue weighted by molar-refractivity contribution is 7.38. The van der Waals surface area contributed by atoms with Crippen LogP contribution in [-0.2, 0) is 0 Å². The minimum atomic E-state index is -0.371. The minimum Gasteiger partial charge on any atom is -0.389 e. The molecule has 3 rings (SSSR count). The number of hydrogen-bond acceptors (Lipinski definition) is 4. The second-order valence-electron chi connectivity index (χ2n) is 3.73. The standard InChI is InChI=1S/C10H8ClNO2S2/c11-7-6-1-2-15-10(6)16-8(7)9(14)12-3-5(13)4-12/h1-2,5,13H,3-4H2. The fraction of sp³-hybridized carbons (Fsp3) is 0.300. The van der Waals surface area contributed by atoms with Crippen molar-refractivity contribution in [2.24, 2.45) is 0 Å². The van der Waals surface area contributed by atoms with Gasteiger partial charge in [0, 0.05) is 18.5 Å². The summed E-state index contributed by atoms with van der Waals surface area (Å²) in [5.41, 5.74) is 0. The van der Waals surface area contributed by atoms with Gasteiger partial charge in [-0.3, -0.25) is 4.79 Å². The van der Waals surface area contributed by atoms with E-state index in [0.717, 1.165) is 9.40 Å². The second-order valence-corrected chi connectivity index (χ2v) is 6.30. The molecule has 0 aromatic carbocycles. The van der Waals surface area contributed by atoms with E-state index >= 15 is 0 Å². The van der Waals surface area contributed by atoms with Crippen LogP contribution < -0.4 is 0 Å². The van der Waals surface area contributed by atoms with Gasteiger partial charge < -0.3 is 10.0 Å². The maximum absolute atomic E-state index is 12.0. The number of amides is 1. The third kappa shape index (κ3) is 1.47. The molecule has 0 bridgehead atoms. The maximum Gasteiger partial charge on any atom is 0.265 e. The van der Waals surface area contributed by atoms with Gasteiger partial charge in [0.1, 0.15) is 4.88 Å². The van der Waals surface area contributed by atoms with Crippen LogP contribution in [0.3, 0.4) is 0 Å². The van der Waals surface area contributed by atoms with Crippen LogP contribution >= 0.6 is 34.3 Å². The molecule has 3 nitrogen and oxygen atoms in total. The Bertz CT molecular complexity index is 556. The first kappa shape index (κ1) is 10.5. The topological polar surface area (TPSA) is 40.5 Å². The van der Waals surface area contributed by atoms with Crippen molar-refractivity contribution in [3.05, 3.63) is 21.3 Å². The van der Waals surface area contributed by atoms with E-state index in [9.17, 15) is 4.79 Å². The molecule has 1 aliphatic heterocycles. The van der Waals surface area contributed by atoms with Crippen molar-refractivity contribution in [3.8, 4) is 0 Å². The first-order valence-corrected chi connectivity index (χ1v) is 6.87. The van der Waals surface area contributed by atoms with Crippen molar-refractivity contribution in [2.45, 2.75) is 6.10 Å². The number of carbonyl (C=O) groups is 1. The Morgan fingerprint density at radius 2 is 2.31 bits per heavy atom.